The Balaban J connectivity index is 2.18. The van der Waals surface area contributed by atoms with Gasteiger partial charge in [0.05, 0.1) is 0 Å². The summed E-state index contributed by atoms with van der Waals surface area (Å²) in [6.45, 7) is 5.37. The third-order valence-electron chi connectivity index (χ3n) is 3.66. The topological polar surface area (TPSA) is 29.1 Å². The fraction of sp³-hybridized carbons (Fsp3) is 0.900. The Hall–Kier alpha value is -0.530. The lowest BCUT2D eigenvalue weighted by Crippen LogP contribution is -2.46. The molecule has 1 heterocycles. The lowest BCUT2D eigenvalue weighted by Gasteiger charge is -2.32. The van der Waals surface area contributed by atoms with Gasteiger partial charge in [0.1, 0.15) is 0 Å². The second-order valence-electron chi connectivity index (χ2n) is 4.47. The van der Waals surface area contributed by atoms with Gasteiger partial charge in [-0.15, -0.1) is 0 Å². The first-order valence-corrected chi connectivity index (χ1v) is 4.98. The van der Waals surface area contributed by atoms with Gasteiger partial charge < -0.3 is 5.32 Å². The molecule has 2 fully saturated rings. The molecule has 0 bridgehead atoms. The maximum atomic E-state index is 11.5. The van der Waals surface area contributed by atoms with Crippen molar-refractivity contribution in [2.75, 3.05) is 6.54 Å². The van der Waals surface area contributed by atoms with E-state index >= 15 is 0 Å². The van der Waals surface area contributed by atoms with Crippen molar-refractivity contribution in [1.29, 1.82) is 0 Å². The molecule has 1 aliphatic carbocycles. The van der Waals surface area contributed by atoms with E-state index in [2.05, 4.69) is 19.2 Å². The van der Waals surface area contributed by atoms with E-state index in [9.17, 15) is 4.79 Å². The van der Waals surface area contributed by atoms with Crippen molar-refractivity contribution in [1.82, 2.24) is 5.32 Å². The minimum atomic E-state index is 0.308. The summed E-state index contributed by atoms with van der Waals surface area (Å²) in [7, 11) is 0. The summed E-state index contributed by atoms with van der Waals surface area (Å²) >= 11 is 0. The number of rotatable bonds is 0. The van der Waals surface area contributed by atoms with Crippen LogP contribution in [-0.2, 0) is 4.79 Å². The second kappa shape index (κ2) is 2.75. The summed E-state index contributed by atoms with van der Waals surface area (Å²) in [6, 6.07) is 0. The van der Waals surface area contributed by atoms with Crippen molar-refractivity contribution in [3.05, 3.63) is 0 Å². The van der Waals surface area contributed by atoms with Crippen LogP contribution in [0.25, 0.3) is 0 Å². The van der Waals surface area contributed by atoms with E-state index in [1.165, 1.54) is 12.8 Å². The van der Waals surface area contributed by atoms with E-state index < -0.39 is 0 Å². The molecule has 68 valence electrons. The fourth-order valence-electron chi connectivity index (χ4n) is 2.86. The highest BCUT2D eigenvalue weighted by Gasteiger charge is 2.43. The Morgan fingerprint density at radius 3 is 2.67 bits per heavy atom. The molecular formula is C10H17NO. The van der Waals surface area contributed by atoms with Crippen LogP contribution in [0.3, 0.4) is 0 Å². The van der Waals surface area contributed by atoms with Crippen molar-refractivity contribution in [2.45, 2.75) is 26.7 Å². The Bertz CT molecular complexity index is 202. The first-order valence-electron chi connectivity index (χ1n) is 4.98. The van der Waals surface area contributed by atoms with Gasteiger partial charge in [0.25, 0.3) is 0 Å². The third-order valence-corrected chi connectivity index (χ3v) is 3.66. The van der Waals surface area contributed by atoms with Crippen molar-refractivity contribution >= 4 is 5.91 Å². The number of carbonyl (C=O) groups is 1. The molecule has 1 saturated heterocycles. The van der Waals surface area contributed by atoms with Crippen LogP contribution in [0.5, 0.6) is 0 Å². The van der Waals surface area contributed by atoms with E-state index in [0.29, 0.717) is 29.6 Å². The maximum Gasteiger partial charge on any atom is 0.223 e. The minimum absolute atomic E-state index is 0.308. The van der Waals surface area contributed by atoms with Crippen molar-refractivity contribution in [3.8, 4) is 0 Å². The zero-order valence-electron chi connectivity index (χ0n) is 7.84. The van der Waals surface area contributed by atoms with Crippen LogP contribution < -0.4 is 5.32 Å². The number of fused-ring (bicyclic) bond motifs is 1. The minimum Gasteiger partial charge on any atom is -0.356 e. The second-order valence-corrected chi connectivity index (χ2v) is 4.47. The number of hydrogen-bond donors (Lipinski definition) is 1. The van der Waals surface area contributed by atoms with E-state index in [4.69, 9.17) is 0 Å². The van der Waals surface area contributed by atoms with Gasteiger partial charge in [-0.2, -0.15) is 0 Å². The van der Waals surface area contributed by atoms with Crippen molar-refractivity contribution < 1.29 is 4.79 Å². The molecular weight excluding hydrogens is 150 g/mol. The SMILES string of the molecule is C[C@H]1CNC(=O)[C@H]2[C@@H]1CC[C@@H]2C. The smallest absolute Gasteiger partial charge is 0.223 e. The van der Waals surface area contributed by atoms with Gasteiger partial charge in [0, 0.05) is 12.5 Å². The van der Waals surface area contributed by atoms with Gasteiger partial charge in [-0.25, -0.2) is 0 Å². The standard InChI is InChI=1S/C10H17NO/c1-6-3-4-8-7(2)5-11-10(12)9(6)8/h6-9H,3-5H2,1-2H3,(H,11,12)/t6-,7-,8+,9+/m0/s1. The first kappa shape index (κ1) is 8.09. The molecule has 0 aromatic rings. The van der Waals surface area contributed by atoms with Crippen molar-refractivity contribution in [2.24, 2.45) is 23.7 Å². The molecule has 1 saturated carbocycles. The summed E-state index contributed by atoms with van der Waals surface area (Å²) in [5.74, 6) is 2.61. The van der Waals surface area contributed by atoms with Crippen LogP contribution in [0.15, 0.2) is 0 Å². The zero-order valence-corrected chi connectivity index (χ0v) is 7.84. The summed E-state index contributed by atoms with van der Waals surface area (Å²) in [5, 5.41) is 2.99. The van der Waals surface area contributed by atoms with Gasteiger partial charge in [-0.05, 0) is 30.6 Å². The van der Waals surface area contributed by atoms with Gasteiger partial charge >= 0.3 is 0 Å². The average Bonchev–Trinajstić information content (AvgIpc) is 2.42. The zero-order chi connectivity index (χ0) is 8.72. The molecule has 1 aliphatic heterocycles. The average molecular weight is 167 g/mol. The third kappa shape index (κ3) is 1.05. The monoisotopic (exact) mass is 167 g/mol. The molecule has 2 nitrogen and oxygen atoms in total. The molecule has 1 N–H and O–H groups in total. The quantitative estimate of drug-likeness (QED) is 0.580. The number of nitrogens with one attached hydrogen (secondary N) is 1. The van der Waals surface area contributed by atoms with Crippen LogP contribution in [0, 0.1) is 23.7 Å². The number of hydrogen-bond acceptors (Lipinski definition) is 1. The van der Waals surface area contributed by atoms with E-state index in [1.54, 1.807) is 0 Å². The molecule has 0 spiro atoms. The Morgan fingerprint density at radius 1 is 1.25 bits per heavy atom. The summed E-state index contributed by atoms with van der Waals surface area (Å²) in [5.41, 5.74) is 0. The highest BCUT2D eigenvalue weighted by Crippen LogP contribution is 2.42. The predicted molar refractivity (Wildman–Crippen MR) is 47.6 cm³/mol. The molecule has 0 unspecified atom stereocenters. The maximum absolute atomic E-state index is 11.5. The normalized spacial score (nSPS) is 47.0. The van der Waals surface area contributed by atoms with Crippen molar-refractivity contribution in [3.63, 3.8) is 0 Å². The number of carbonyl (C=O) groups excluding carboxylic acids is 1. The van der Waals surface area contributed by atoms with Gasteiger partial charge in [-0.3, -0.25) is 4.79 Å². The molecule has 0 aromatic heterocycles. The van der Waals surface area contributed by atoms with Crippen LogP contribution in [0.2, 0.25) is 0 Å². The number of amides is 1. The Morgan fingerprint density at radius 2 is 2.00 bits per heavy atom. The molecule has 12 heavy (non-hydrogen) atoms. The van der Waals surface area contributed by atoms with Gasteiger partial charge in [-0.1, -0.05) is 13.8 Å². The summed E-state index contributed by atoms with van der Waals surface area (Å²) in [6.07, 6.45) is 2.51. The van der Waals surface area contributed by atoms with E-state index in [0.717, 1.165) is 6.54 Å². The molecule has 2 rings (SSSR count). The summed E-state index contributed by atoms with van der Waals surface area (Å²) in [4.78, 5) is 11.5. The largest absolute Gasteiger partial charge is 0.356 e. The molecule has 2 heteroatoms. The highest BCUT2D eigenvalue weighted by molar-refractivity contribution is 5.80. The summed E-state index contributed by atoms with van der Waals surface area (Å²) < 4.78 is 0. The molecule has 0 aromatic carbocycles. The molecule has 0 radical (unpaired) electrons. The fourth-order valence-corrected chi connectivity index (χ4v) is 2.86. The lowest BCUT2D eigenvalue weighted by molar-refractivity contribution is -0.130. The van der Waals surface area contributed by atoms with E-state index in [1.807, 2.05) is 0 Å². The van der Waals surface area contributed by atoms with Gasteiger partial charge in [0.15, 0.2) is 0 Å². The van der Waals surface area contributed by atoms with Crippen LogP contribution in [0.4, 0.5) is 0 Å². The molecule has 4 atom stereocenters. The van der Waals surface area contributed by atoms with Crippen LogP contribution in [-0.4, -0.2) is 12.5 Å². The lowest BCUT2D eigenvalue weighted by atomic mass is 9.79. The molecule has 1 amide bonds. The highest BCUT2D eigenvalue weighted by atomic mass is 16.2. The predicted octanol–water partition coefficient (Wildman–Crippen LogP) is 1.41. The Labute approximate surface area is 73.7 Å². The van der Waals surface area contributed by atoms with Crippen LogP contribution in [0.1, 0.15) is 26.7 Å². The number of piperidine rings is 1. The molecule has 2 aliphatic rings. The first-order chi connectivity index (χ1) is 5.70. The van der Waals surface area contributed by atoms with Crippen LogP contribution >= 0.6 is 0 Å². The van der Waals surface area contributed by atoms with Gasteiger partial charge in [0.2, 0.25) is 5.91 Å². The van der Waals surface area contributed by atoms with E-state index in [-0.39, 0.29) is 0 Å². The Kier molecular flexibility index (Phi) is 1.85.